The highest BCUT2D eigenvalue weighted by Crippen LogP contribution is 2.36. The van der Waals surface area contributed by atoms with E-state index in [4.69, 9.17) is 5.11 Å². The molecule has 18 heavy (non-hydrogen) atoms. The molecule has 4 N–H and O–H groups in total. The van der Waals surface area contributed by atoms with Crippen LogP contribution in [0.2, 0.25) is 0 Å². The van der Waals surface area contributed by atoms with Gasteiger partial charge in [-0.2, -0.15) is 5.10 Å². The van der Waals surface area contributed by atoms with E-state index in [2.05, 4.69) is 20.8 Å². The van der Waals surface area contributed by atoms with Gasteiger partial charge < -0.3 is 15.7 Å². The molecule has 0 atom stereocenters. The summed E-state index contributed by atoms with van der Waals surface area (Å²) in [6, 6.07) is 1.97. The fourth-order valence-corrected chi connectivity index (χ4v) is 2.06. The van der Waals surface area contributed by atoms with Crippen LogP contribution in [-0.2, 0) is 9.59 Å². The summed E-state index contributed by atoms with van der Waals surface area (Å²) in [6.45, 7) is 0.951. The Balaban J connectivity index is 1.85. The van der Waals surface area contributed by atoms with Crippen molar-refractivity contribution in [3.05, 3.63) is 11.8 Å². The number of hydrogen-bond donors (Lipinski definition) is 4. The highest BCUT2D eigenvalue weighted by molar-refractivity contribution is 5.90. The summed E-state index contributed by atoms with van der Waals surface area (Å²) in [4.78, 5) is 21.8. The molecule has 2 rings (SSSR count). The van der Waals surface area contributed by atoms with Gasteiger partial charge in [0.05, 0.1) is 5.69 Å². The number of nitrogens with one attached hydrogen (secondary N) is 3. The summed E-state index contributed by atoms with van der Waals surface area (Å²) in [5, 5.41) is 20.7. The number of carbonyl (C=O) groups excluding carboxylic acids is 2. The molecule has 0 unspecified atom stereocenters. The van der Waals surface area contributed by atoms with Gasteiger partial charge in [0, 0.05) is 24.9 Å². The maximum atomic E-state index is 11.0. The van der Waals surface area contributed by atoms with Crippen molar-refractivity contribution in [2.24, 2.45) is 0 Å². The minimum absolute atomic E-state index is 0.0172. The second-order valence-electron chi connectivity index (χ2n) is 4.48. The van der Waals surface area contributed by atoms with Crippen molar-refractivity contribution in [2.45, 2.75) is 31.7 Å². The number of anilines is 1. The van der Waals surface area contributed by atoms with E-state index in [9.17, 15) is 9.59 Å². The van der Waals surface area contributed by atoms with Crippen molar-refractivity contribution in [1.82, 2.24) is 15.5 Å². The molecule has 1 heterocycles. The molecule has 7 nitrogen and oxygen atoms in total. The van der Waals surface area contributed by atoms with E-state index in [-0.39, 0.29) is 11.9 Å². The van der Waals surface area contributed by atoms with Gasteiger partial charge in [0.15, 0.2) is 0 Å². The number of rotatable bonds is 4. The molecule has 1 aromatic heterocycles. The van der Waals surface area contributed by atoms with Crippen molar-refractivity contribution in [2.75, 3.05) is 11.9 Å². The summed E-state index contributed by atoms with van der Waals surface area (Å²) in [5.74, 6) is 0.288. The van der Waals surface area contributed by atoms with Gasteiger partial charge in [-0.05, 0) is 12.8 Å². The molecule has 7 heteroatoms. The summed E-state index contributed by atoms with van der Waals surface area (Å²) >= 11 is 0. The fraction of sp³-hybridized carbons (Fsp3) is 0.545. The third-order valence-electron chi connectivity index (χ3n) is 2.98. The van der Waals surface area contributed by atoms with E-state index in [0.29, 0.717) is 11.7 Å². The second-order valence-corrected chi connectivity index (χ2v) is 4.48. The first-order chi connectivity index (χ1) is 8.58. The number of aliphatic hydroxyl groups is 1. The van der Waals surface area contributed by atoms with Crippen LogP contribution in [0.4, 0.5) is 5.82 Å². The van der Waals surface area contributed by atoms with Gasteiger partial charge in [0.1, 0.15) is 12.4 Å². The number of aromatic amines is 1. The third kappa shape index (κ3) is 2.86. The van der Waals surface area contributed by atoms with Crippen LogP contribution in [-0.4, -0.2) is 39.8 Å². The zero-order chi connectivity index (χ0) is 13.1. The van der Waals surface area contributed by atoms with E-state index in [1.54, 1.807) is 6.07 Å². The van der Waals surface area contributed by atoms with Crippen LogP contribution in [0.15, 0.2) is 6.07 Å². The van der Waals surface area contributed by atoms with Crippen LogP contribution < -0.4 is 10.6 Å². The fourth-order valence-electron chi connectivity index (χ4n) is 2.06. The van der Waals surface area contributed by atoms with Gasteiger partial charge in [0.2, 0.25) is 5.91 Å². The first kappa shape index (κ1) is 12.6. The second kappa shape index (κ2) is 5.18. The molecule has 0 aromatic carbocycles. The molecule has 0 aliphatic heterocycles. The lowest BCUT2D eigenvalue weighted by molar-refractivity contribution is -0.120. The Hall–Kier alpha value is -1.89. The van der Waals surface area contributed by atoms with Gasteiger partial charge in [-0.3, -0.25) is 14.7 Å². The average molecular weight is 252 g/mol. The third-order valence-corrected chi connectivity index (χ3v) is 2.98. The Morgan fingerprint density at radius 3 is 2.89 bits per heavy atom. The van der Waals surface area contributed by atoms with E-state index < -0.39 is 12.5 Å². The van der Waals surface area contributed by atoms with Crippen LogP contribution >= 0.6 is 0 Å². The number of amides is 2. The molecule has 1 aromatic rings. The monoisotopic (exact) mass is 252 g/mol. The molecular formula is C11H16N4O3. The van der Waals surface area contributed by atoms with Crippen LogP contribution in [0.5, 0.6) is 0 Å². The number of H-pyrrole nitrogens is 1. The molecule has 2 amide bonds. The minimum atomic E-state index is -0.553. The maximum Gasteiger partial charge on any atom is 0.251 e. The normalized spacial score (nSPS) is 22.1. The number of carbonyl (C=O) groups is 2. The maximum absolute atomic E-state index is 11.0. The van der Waals surface area contributed by atoms with Gasteiger partial charge in [-0.15, -0.1) is 0 Å². The zero-order valence-corrected chi connectivity index (χ0v) is 10.1. The van der Waals surface area contributed by atoms with Crippen molar-refractivity contribution in [3.8, 4) is 0 Å². The molecule has 1 saturated carbocycles. The van der Waals surface area contributed by atoms with Crippen molar-refractivity contribution in [1.29, 1.82) is 0 Å². The van der Waals surface area contributed by atoms with E-state index in [0.717, 1.165) is 18.5 Å². The quantitative estimate of drug-likeness (QED) is 0.591. The highest BCUT2D eigenvalue weighted by Gasteiger charge is 2.32. The van der Waals surface area contributed by atoms with Crippen molar-refractivity contribution < 1.29 is 14.7 Å². The Bertz CT molecular complexity index is 451. The van der Waals surface area contributed by atoms with Crippen LogP contribution in [0.3, 0.4) is 0 Å². The minimum Gasteiger partial charge on any atom is -0.387 e. The smallest absolute Gasteiger partial charge is 0.251 e. The van der Waals surface area contributed by atoms with E-state index >= 15 is 0 Å². The Morgan fingerprint density at radius 1 is 1.56 bits per heavy atom. The Labute approximate surface area is 104 Å². The summed E-state index contributed by atoms with van der Waals surface area (Å²) in [6.07, 6.45) is 1.72. The molecule has 0 bridgehead atoms. The summed E-state index contributed by atoms with van der Waals surface area (Å²) in [5.41, 5.74) is 0.866. The van der Waals surface area contributed by atoms with Crippen molar-refractivity contribution in [3.63, 3.8) is 0 Å². The van der Waals surface area contributed by atoms with Crippen LogP contribution in [0.25, 0.3) is 0 Å². The molecule has 1 aliphatic carbocycles. The van der Waals surface area contributed by atoms with Gasteiger partial charge in [-0.25, -0.2) is 0 Å². The number of hydrogen-bond acceptors (Lipinski definition) is 4. The lowest BCUT2D eigenvalue weighted by Crippen LogP contribution is -2.42. The van der Waals surface area contributed by atoms with Gasteiger partial charge in [0.25, 0.3) is 5.91 Å². The first-order valence-electron chi connectivity index (χ1n) is 5.81. The standard InChI is InChI=1S/C11H16N4O3/c1-6(17)12-8-2-7(3-8)9-4-10(15-14-9)13-11(18)5-16/h4,7-8,16H,2-3,5H2,1H3,(H,12,17)(H2,13,14,15,18)/t7-,8+. The first-order valence-corrected chi connectivity index (χ1v) is 5.81. The number of aliphatic hydroxyl groups excluding tert-OH is 1. The predicted octanol–water partition coefficient (Wildman–Crippen LogP) is -0.277. The SMILES string of the molecule is CC(=O)N[C@H]1C[C@@H](c2cc(NC(=O)CO)[nH]n2)C1. The van der Waals surface area contributed by atoms with Crippen LogP contribution in [0.1, 0.15) is 31.4 Å². The summed E-state index contributed by atoms with van der Waals surface area (Å²) < 4.78 is 0. The van der Waals surface area contributed by atoms with E-state index in [1.807, 2.05) is 0 Å². The Kier molecular flexibility index (Phi) is 3.61. The molecule has 1 aliphatic rings. The summed E-state index contributed by atoms with van der Waals surface area (Å²) in [7, 11) is 0. The number of aromatic nitrogens is 2. The largest absolute Gasteiger partial charge is 0.387 e. The lowest BCUT2D eigenvalue weighted by atomic mass is 9.78. The predicted molar refractivity (Wildman–Crippen MR) is 63.9 cm³/mol. The lowest BCUT2D eigenvalue weighted by Gasteiger charge is -2.34. The molecule has 0 saturated heterocycles. The molecule has 1 fully saturated rings. The highest BCUT2D eigenvalue weighted by atomic mass is 16.3. The topological polar surface area (TPSA) is 107 Å². The van der Waals surface area contributed by atoms with E-state index in [1.165, 1.54) is 6.92 Å². The van der Waals surface area contributed by atoms with Crippen LogP contribution in [0, 0.1) is 0 Å². The average Bonchev–Trinajstić information content (AvgIpc) is 2.70. The molecule has 98 valence electrons. The van der Waals surface area contributed by atoms with Gasteiger partial charge >= 0.3 is 0 Å². The zero-order valence-electron chi connectivity index (χ0n) is 10.1. The molecular weight excluding hydrogens is 236 g/mol. The number of nitrogens with zero attached hydrogens (tertiary/aromatic N) is 1. The molecule has 0 radical (unpaired) electrons. The van der Waals surface area contributed by atoms with Gasteiger partial charge in [-0.1, -0.05) is 0 Å². The Morgan fingerprint density at radius 2 is 2.28 bits per heavy atom. The molecule has 0 spiro atoms. The van der Waals surface area contributed by atoms with Crippen molar-refractivity contribution >= 4 is 17.6 Å².